The zero-order chi connectivity index (χ0) is 15.8. The van der Waals surface area contributed by atoms with Gasteiger partial charge in [0.25, 0.3) is 0 Å². The molecule has 1 aliphatic carbocycles. The number of aryl methyl sites for hydroxylation is 2. The SMILES string of the molecule is O=C(Cc1coc2cc3c(cc12)CCC3)OCc1nnsc1Cl. The molecule has 2 heterocycles. The number of rotatable bonds is 4. The fourth-order valence-corrected chi connectivity index (χ4v) is 3.52. The number of hydrogen-bond donors (Lipinski definition) is 0. The molecule has 0 N–H and O–H groups in total. The first-order valence-corrected chi connectivity index (χ1v) is 8.50. The minimum Gasteiger partial charge on any atom is -0.464 e. The van der Waals surface area contributed by atoms with Gasteiger partial charge in [0.2, 0.25) is 0 Å². The Hall–Kier alpha value is -1.92. The third-order valence-corrected chi connectivity index (χ3v) is 5.07. The highest BCUT2D eigenvalue weighted by Gasteiger charge is 2.17. The van der Waals surface area contributed by atoms with Gasteiger partial charge in [0.05, 0.1) is 12.7 Å². The number of furan rings is 1. The van der Waals surface area contributed by atoms with Crippen LogP contribution in [0.2, 0.25) is 4.34 Å². The van der Waals surface area contributed by atoms with Crippen LogP contribution in [0.5, 0.6) is 0 Å². The van der Waals surface area contributed by atoms with Crippen molar-refractivity contribution >= 4 is 40.1 Å². The molecule has 2 aromatic heterocycles. The molecule has 0 saturated carbocycles. The van der Waals surface area contributed by atoms with Crippen molar-refractivity contribution in [3.05, 3.63) is 45.1 Å². The summed E-state index contributed by atoms with van der Waals surface area (Å²) in [5.74, 6) is -0.336. The standard InChI is InChI=1S/C16H13ClN2O3S/c17-16-13(18-19-23-16)8-22-15(20)6-11-7-21-14-5-10-3-1-2-9(10)4-12(11)14/h4-5,7H,1-3,6,8H2. The van der Waals surface area contributed by atoms with Gasteiger partial charge in [0, 0.05) is 22.5 Å². The van der Waals surface area contributed by atoms with Crippen molar-refractivity contribution < 1.29 is 13.9 Å². The average molecular weight is 349 g/mol. The number of hydrogen-bond acceptors (Lipinski definition) is 6. The first-order chi connectivity index (χ1) is 11.2. The van der Waals surface area contributed by atoms with E-state index in [9.17, 15) is 4.79 Å². The Bertz CT molecular complexity index is 887. The largest absolute Gasteiger partial charge is 0.464 e. The predicted octanol–water partition coefficient (Wildman–Crippen LogP) is 3.71. The molecule has 118 valence electrons. The number of ether oxygens (including phenoxy) is 1. The molecule has 0 bridgehead atoms. The second kappa shape index (κ2) is 5.94. The Labute approximate surface area is 141 Å². The van der Waals surface area contributed by atoms with Crippen LogP contribution >= 0.6 is 23.1 Å². The van der Waals surface area contributed by atoms with E-state index in [1.54, 1.807) is 6.26 Å². The highest BCUT2D eigenvalue weighted by Crippen LogP contribution is 2.30. The summed E-state index contributed by atoms with van der Waals surface area (Å²) in [6, 6.07) is 4.23. The van der Waals surface area contributed by atoms with Gasteiger partial charge in [0.1, 0.15) is 22.2 Å². The molecule has 0 spiro atoms. The van der Waals surface area contributed by atoms with Gasteiger partial charge < -0.3 is 9.15 Å². The van der Waals surface area contributed by atoms with Crippen LogP contribution in [0.3, 0.4) is 0 Å². The molecule has 0 saturated heterocycles. The summed E-state index contributed by atoms with van der Waals surface area (Å²) >= 11 is 6.96. The van der Waals surface area contributed by atoms with Crippen molar-refractivity contribution in [2.45, 2.75) is 32.3 Å². The molecule has 1 aliphatic rings. The first kappa shape index (κ1) is 14.7. The summed E-state index contributed by atoms with van der Waals surface area (Å²) in [5, 5.41) is 4.81. The second-order valence-electron chi connectivity index (χ2n) is 5.56. The molecule has 23 heavy (non-hydrogen) atoms. The van der Waals surface area contributed by atoms with Crippen LogP contribution in [-0.2, 0) is 35.4 Å². The van der Waals surface area contributed by atoms with E-state index in [2.05, 4.69) is 21.7 Å². The van der Waals surface area contributed by atoms with Gasteiger partial charge in [-0.05, 0) is 42.5 Å². The van der Waals surface area contributed by atoms with Crippen LogP contribution in [0.15, 0.2) is 22.8 Å². The van der Waals surface area contributed by atoms with Crippen molar-refractivity contribution in [1.29, 1.82) is 0 Å². The van der Waals surface area contributed by atoms with Crippen LogP contribution in [0, 0.1) is 0 Å². The lowest BCUT2D eigenvalue weighted by Gasteiger charge is -2.03. The molecule has 0 unspecified atom stereocenters. The first-order valence-electron chi connectivity index (χ1n) is 7.35. The van der Waals surface area contributed by atoms with Crippen LogP contribution in [0.25, 0.3) is 11.0 Å². The van der Waals surface area contributed by atoms with Crippen molar-refractivity contribution in [3.8, 4) is 0 Å². The van der Waals surface area contributed by atoms with Gasteiger partial charge in [-0.3, -0.25) is 4.79 Å². The molecular weight excluding hydrogens is 336 g/mol. The van der Waals surface area contributed by atoms with E-state index < -0.39 is 0 Å². The Morgan fingerprint density at radius 2 is 2.17 bits per heavy atom. The number of halogens is 1. The highest BCUT2D eigenvalue weighted by molar-refractivity contribution is 7.10. The lowest BCUT2D eigenvalue weighted by molar-refractivity contribution is -0.144. The fourth-order valence-electron chi connectivity index (χ4n) is 2.92. The molecular formula is C16H13ClN2O3S. The summed E-state index contributed by atoms with van der Waals surface area (Å²) in [7, 11) is 0. The monoisotopic (exact) mass is 348 g/mol. The number of carbonyl (C=O) groups is 1. The van der Waals surface area contributed by atoms with E-state index in [0.717, 1.165) is 40.9 Å². The predicted molar refractivity (Wildman–Crippen MR) is 86.7 cm³/mol. The second-order valence-corrected chi connectivity index (χ2v) is 6.92. The lowest BCUT2D eigenvalue weighted by atomic mass is 10.0. The van der Waals surface area contributed by atoms with E-state index >= 15 is 0 Å². The highest BCUT2D eigenvalue weighted by atomic mass is 35.5. The topological polar surface area (TPSA) is 65.2 Å². The van der Waals surface area contributed by atoms with Crippen molar-refractivity contribution in [2.75, 3.05) is 0 Å². The molecule has 5 nitrogen and oxygen atoms in total. The zero-order valence-corrected chi connectivity index (χ0v) is 13.7. The maximum Gasteiger partial charge on any atom is 0.310 e. The fraction of sp³-hybridized carbons (Fsp3) is 0.312. The summed E-state index contributed by atoms with van der Waals surface area (Å²) in [6.45, 7) is 0.0410. The molecule has 3 aromatic rings. The van der Waals surface area contributed by atoms with Crippen LogP contribution in [-0.4, -0.2) is 15.6 Å². The van der Waals surface area contributed by atoms with Crippen molar-refractivity contribution in [3.63, 3.8) is 0 Å². The maximum atomic E-state index is 12.0. The number of fused-ring (bicyclic) bond motifs is 2. The number of benzene rings is 1. The third kappa shape index (κ3) is 2.84. The van der Waals surface area contributed by atoms with Gasteiger partial charge in [0.15, 0.2) is 0 Å². The molecule has 0 atom stereocenters. The van der Waals surface area contributed by atoms with Gasteiger partial charge in [-0.25, -0.2) is 0 Å². The molecule has 4 rings (SSSR count). The van der Waals surface area contributed by atoms with E-state index in [0.29, 0.717) is 10.0 Å². The summed E-state index contributed by atoms with van der Waals surface area (Å²) in [5.41, 5.74) is 4.88. The lowest BCUT2D eigenvalue weighted by Crippen LogP contribution is -2.08. The Morgan fingerprint density at radius 1 is 1.35 bits per heavy atom. The minimum atomic E-state index is -0.336. The number of carbonyl (C=O) groups excluding carboxylic acids is 1. The average Bonchev–Trinajstić information content (AvgIpc) is 3.24. The van der Waals surface area contributed by atoms with Crippen LogP contribution in [0.4, 0.5) is 0 Å². The van der Waals surface area contributed by atoms with Gasteiger partial charge >= 0.3 is 5.97 Å². The molecule has 0 fully saturated rings. The van der Waals surface area contributed by atoms with E-state index in [1.165, 1.54) is 17.5 Å². The minimum absolute atomic E-state index is 0.0410. The molecule has 7 heteroatoms. The maximum absolute atomic E-state index is 12.0. The summed E-state index contributed by atoms with van der Waals surface area (Å²) < 4.78 is 15.0. The van der Waals surface area contributed by atoms with Gasteiger partial charge in [-0.15, -0.1) is 5.10 Å². The van der Waals surface area contributed by atoms with Gasteiger partial charge in [-0.1, -0.05) is 16.1 Å². The van der Waals surface area contributed by atoms with E-state index in [4.69, 9.17) is 20.8 Å². The number of esters is 1. The quantitative estimate of drug-likeness (QED) is 0.672. The number of nitrogens with zero attached hydrogens (tertiary/aromatic N) is 2. The Morgan fingerprint density at radius 3 is 2.96 bits per heavy atom. The van der Waals surface area contributed by atoms with Crippen molar-refractivity contribution in [1.82, 2.24) is 9.59 Å². The molecule has 0 aliphatic heterocycles. The molecule has 1 aromatic carbocycles. The molecule has 0 amide bonds. The smallest absolute Gasteiger partial charge is 0.310 e. The van der Waals surface area contributed by atoms with Crippen LogP contribution in [0.1, 0.15) is 28.8 Å². The van der Waals surface area contributed by atoms with Gasteiger partial charge in [-0.2, -0.15) is 0 Å². The Balaban J connectivity index is 1.49. The Kier molecular flexibility index (Phi) is 3.79. The normalized spacial score (nSPS) is 13.4. The van der Waals surface area contributed by atoms with E-state index in [-0.39, 0.29) is 19.0 Å². The van der Waals surface area contributed by atoms with Crippen LogP contribution < -0.4 is 0 Å². The van der Waals surface area contributed by atoms with E-state index in [1.807, 2.05) is 0 Å². The summed E-state index contributed by atoms with van der Waals surface area (Å²) in [4.78, 5) is 12.0. The molecule has 0 radical (unpaired) electrons. The number of aromatic nitrogens is 2. The van der Waals surface area contributed by atoms with Crippen molar-refractivity contribution in [2.24, 2.45) is 0 Å². The zero-order valence-electron chi connectivity index (χ0n) is 12.2. The summed E-state index contributed by atoms with van der Waals surface area (Å²) in [6.07, 6.45) is 5.18. The third-order valence-electron chi connectivity index (χ3n) is 4.08.